The molecule has 0 aromatic carbocycles. The van der Waals surface area contributed by atoms with E-state index < -0.39 is 12.1 Å². The maximum Gasteiger partial charge on any atom is 0.407 e. The van der Waals surface area contributed by atoms with E-state index in [2.05, 4.69) is 46.6 Å². The van der Waals surface area contributed by atoms with Gasteiger partial charge in [0.25, 0.3) is 0 Å². The molecule has 8 heteroatoms. The van der Waals surface area contributed by atoms with Gasteiger partial charge < -0.3 is 19.5 Å². The van der Waals surface area contributed by atoms with Gasteiger partial charge >= 0.3 is 18.0 Å². The summed E-state index contributed by atoms with van der Waals surface area (Å²) in [6.45, 7) is 11.5. The zero-order valence-corrected chi connectivity index (χ0v) is 16.7. The highest BCUT2D eigenvalue weighted by Crippen LogP contribution is 2.30. The van der Waals surface area contributed by atoms with E-state index in [0.29, 0.717) is 6.42 Å². The molecule has 0 aliphatic rings. The molecule has 1 amide bonds. The summed E-state index contributed by atoms with van der Waals surface area (Å²) in [4.78, 5) is 34.3. The number of carbonyl (C=O) groups is 3. The summed E-state index contributed by atoms with van der Waals surface area (Å²) >= 11 is 0. The van der Waals surface area contributed by atoms with Crippen molar-refractivity contribution < 1.29 is 28.6 Å². The van der Waals surface area contributed by atoms with Crippen LogP contribution in [0.4, 0.5) is 4.79 Å². The van der Waals surface area contributed by atoms with Crippen molar-refractivity contribution in [1.82, 2.24) is 5.32 Å². The molecule has 0 bridgehead atoms. The predicted molar refractivity (Wildman–Crippen MR) is 98.2 cm³/mol. The summed E-state index contributed by atoms with van der Waals surface area (Å²) in [7, 11) is 2.63. The van der Waals surface area contributed by atoms with Crippen LogP contribution in [0.1, 0.15) is 34.1 Å². The Labute approximate surface area is 152 Å². The first kappa shape index (κ1) is 23.4. The van der Waals surface area contributed by atoms with Crippen molar-refractivity contribution in [2.75, 3.05) is 26.4 Å². The minimum atomic E-state index is -0.670. The largest absolute Gasteiger partial charge is 0.462 e. The van der Waals surface area contributed by atoms with E-state index in [1.54, 1.807) is 0 Å². The smallest absolute Gasteiger partial charge is 0.407 e. The summed E-state index contributed by atoms with van der Waals surface area (Å²) in [6, 6.07) is 0. The van der Waals surface area contributed by atoms with Crippen LogP contribution in [-0.4, -0.2) is 50.1 Å². The first-order valence-electron chi connectivity index (χ1n) is 8.19. The molecular formula is C17H30NO6P. The molecule has 0 aliphatic carbocycles. The van der Waals surface area contributed by atoms with E-state index in [1.165, 1.54) is 0 Å². The van der Waals surface area contributed by atoms with Crippen LogP contribution in [0.15, 0.2) is 12.7 Å². The maximum absolute atomic E-state index is 12.2. The van der Waals surface area contributed by atoms with E-state index in [0.717, 1.165) is 6.08 Å². The number of hydrogen-bond acceptors (Lipinski definition) is 6. The third-order valence-corrected chi connectivity index (χ3v) is 3.58. The van der Waals surface area contributed by atoms with Crippen molar-refractivity contribution in [2.45, 2.75) is 39.8 Å². The number of amides is 1. The lowest BCUT2D eigenvalue weighted by atomic mass is 9.83. The Morgan fingerprint density at radius 1 is 1.12 bits per heavy atom. The second-order valence-corrected chi connectivity index (χ2v) is 7.88. The van der Waals surface area contributed by atoms with Gasteiger partial charge in [-0.2, -0.15) is 0 Å². The normalized spacial score (nSPS) is 13.3. The van der Waals surface area contributed by atoms with Crippen molar-refractivity contribution in [3.05, 3.63) is 12.7 Å². The van der Waals surface area contributed by atoms with Crippen molar-refractivity contribution in [3.8, 4) is 0 Å². The van der Waals surface area contributed by atoms with Gasteiger partial charge in [-0.1, -0.05) is 34.3 Å². The average molecular weight is 375 g/mol. The van der Waals surface area contributed by atoms with Gasteiger partial charge in [0.1, 0.15) is 19.8 Å². The fourth-order valence-corrected chi connectivity index (χ4v) is 2.24. The Morgan fingerprint density at radius 3 is 2.24 bits per heavy atom. The van der Waals surface area contributed by atoms with Crippen LogP contribution in [0.3, 0.4) is 0 Å². The molecular weight excluding hydrogens is 345 g/mol. The second-order valence-electron chi connectivity index (χ2n) is 6.83. The number of carbonyl (C=O) groups excluding carboxylic acids is 3. The molecule has 144 valence electrons. The van der Waals surface area contributed by atoms with Crippen LogP contribution < -0.4 is 5.32 Å². The highest BCUT2D eigenvalue weighted by molar-refractivity contribution is 7.17. The molecule has 0 aromatic heterocycles. The summed E-state index contributed by atoms with van der Waals surface area (Å²) in [5.74, 6) is -1.08. The van der Waals surface area contributed by atoms with Crippen molar-refractivity contribution in [1.29, 1.82) is 0 Å². The molecule has 0 saturated heterocycles. The van der Waals surface area contributed by atoms with Crippen LogP contribution in [0.2, 0.25) is 0 Å². The molecule has 0 saturated carbocycles. The van der Waals surface area contributed by atoms with Gasteiger partial charge in [0.05, 0.1) is 12.5 Å². The standard InChI is InChI=1S/C17H30NO6P/c1-6-14(19)22-8-7-18-16(21)24-10-9-23-15(20)13(12(2)25)11-17(3,4)5/h6,12-13H,1,7-11,25H2,2-5H3,(H,18,21). The zero-order valence-electron chi connectivity index (χ0n) is 15.5. The minimum absolute atomic E-state index is 0.00423. The van der Waals surface area contributed by atoms with E-state index in [9.17, 15) is 14.4 Å². The molecule has 25 heavy (non-hydrogen) atoms. The lowest BCUT2D eigenvalue weighted by Gasteiger charge is -2.27. The predicted octanol–water partition coefficient (Wildman–Crippen LogP) is 2.30. The molecule has 0 radical (unpaired) electrons. The van der Waals surface area contributed by atoms with Gasteiger partial charge in [0, 0.05) is 6.08 Å². The number of hydrogen-bond donors (Lipinski definition) is 1. The topological polar surface area (TPSA) is 90.9 Å². The zero-order chi connectivity index (χ0) is 19.5. The Morgan fingerprint density at radius 2 is 1.72 bits per heavy atom. The highest BCUT2D eigenvalue weighted by atomic mass is 31.0. The first-order chi connectivity index (χ1) is 11.6. The fraction of sp³-hybridized carbons (Fsp3) is 0.706. The molecule has 0 rings (SSSR count). The molecule has 0 aromatic rings. The lowest BCUT2D eigenvalue weighted by Crippen LogP contribution is -2.31. The lowest BCUT2D eigenvalue weighted by molar-refractivity contribution is -0.150. The molecule has 0 spiro atoms. The Hall–Kier alpha value is -1.62. The van der Waals surface area contributed by atoms with Gasteiger partial charge in [-0.05, 0) is 17.5 Å². The van der Waals surface area contributed by atoms with Crippen LogP contribution in [0.25, 0.3) is 0 Å². The molecule has 1 N–H and O–H groups in total. The van der Waals surface area contributed by atoms with Crippen molar-refractivity contribution >= 4 is 27.3 Å². The number of rotatable bonds is 10. The quantitative estimate of drug-likeness (QED) is 0.207. The summed E-state index contributed by atoms with van der Waals surface area (Å²) < 4.78 is 14.8. The Balaban J connectivity index is 3.97. The number of ether oxygens (including phenoxy) is 3. The van der Waals surface area contributed by atoms with Crippen LogP contribution in [0.5, 0.6) is 0 Å². The van der Waals surface area contributed by atoms with E-state index in [1.807, 2.05) is 6.92 Å². The molecule has 0 heterocycles. The molecule has 7 nitrogen and oxygen atoms in total. The fourth-order valence-electron chi connectivity index (χ4n) is 1.94. The van der Waals surface area contributed by atoms with Gasteiger partial charge in [-0.25, -0.2) is 9.59 Å². The van der Waals surface area contributed by atoms with Gasteiger partial charge in [-0.3, -0.25) is 4.79 Å². The molecule has 3 unspecified atom stereocenters. The Kier molecular flexibility index (Phi) is 11.1. The van der Waals surface area contributed by atoms with Crippen LogP contribution in [-0.2, 0) is 23.8 Å². The van der Waals surface area contributed by atoms with Crippen molar-refractivity contribution in [3.63, 3.8) is 0 Å². The maximum atomic E-state index is 12.2. The van der Waals surface area contributed by atoms with E-state index in [4.69, 9.17) is 9.47 Å². The number of esters is 2. The number of nitrogens with one attached hydrogen (secondary N) is 1. The van der Waals surface area contributed by atoms with Crippen molar-refractivity contribution in [2.24, 2.45) is 11.3 Å². The summed E-state index contributed by atoms with van der Waals surface area (Å²) in [6.07, 6.45) is 1.08. The molecule has 0 fully saturated rings. The second kappa shape index (κ2) is 11.9. The molecule has 3 atom stereocenters. The third kappa shape index (κ3) is 12.4. The van der Waals surface area contributed by atoms with Crippen LogP contribution in [0, 0.1) is 11.3 Å². The molecule has 0 aliphatic heterocycles. The van der Waals surface area contributed by atoms with Gasteiger partial charge in [0.2, 0.25) is 0 Å². The highest BCUT2D eigenvalue weighted by Gasteiger charge is 2.28. The van der Waals surface area contributed by atoms with E-state index >= 15 is 0 Å². The Bertz CT molecular complexity index is 459. The van der Waals surface area contributed by atoms with Gasteiger partial charge in [0.15, 0.2) is 0 Å². The van der Waals surface area contributed by atoms with E-state index in [-0.39, 0.29) is 49.3 Å². The summed E-state index contributed by atoms with van der Waals surface area (Å²) in [5, 5.41) is 2.41. The SMILES string of the molecule is C=CC(=O)OCCNC(=O)OCCOC(=O)C(CC(C)(C)C)C(C)P. The first-order valence-corrected chi connectivity index (χ1v) is 8.85. The monoisotopic (exact) mass is 375 g/mol. The van der Waals surface area contributed by atoms with Crippen LogP contribution >= 0.6 is 9.24 Å². The summed E-state index contributed by atoms with van der Waals surface area (Å²) in [5.41, 5.74) is 0.106. The average Bonchev–Trinajstić information content (AvgIpc) is 2.51. The number of alkyl carbamates (subject to hydrolysis) is 1. The minimum Gasteiger partial charge on any atom is -0.462 e. The third-order valence-electron chi connectivity index (χ3n) is 3.11. The van der Waals surface area contributed by atoms with Gasteiger partial charge in [-0.15, -0.1) is 9.24 Å².